The number of fused-ring (bicyclic) bond motifs is 5. The molecule has 5 rings (SSSR count). The molecule has 2 bridgehead atoms. The first-order chi connectivity index (χ1) is 14.0. The fourth-order valence-electron chi connectivity index (χ4n) is 5.48. The lowest BCUT2D eigenvalue weighted by Crippen LogP contribution is -2.37. The normalized spacial score (nSPS) is 38.0. The third-order valence-electron chi connectivity index (χ3n) is 6.89. The highest BCUT2D eigenvalue weighted by Gasteiger charge is 2.66. The van der Waals surface area contributed by atoms with Crippen LogP contribution in [0.4, 0.5) is 5.69 Å². The SMILES string of the molecule is O=C(NC[C@@H]1CCCO1)c1ccc(N2C(=O)[C@@H]3[C@@H]4C[C@H]([C@H](Br)[C@@H]4Br)[C@@H]3C2=O)cc1. The Balaban J connectivity index is 1.30. The van der Waals surface area contributed by atoms with Crippen molar-refractivity contribution in [1.29, 1.82) is 0 Å². The molecule has 0 radical (unpaired) electrons. The van der Waals surface area contributed by atoms with Crippen molar-refractivity contribution in [2.24, 2.45) is 23.7 Å². The quantitative estimate of drug-likeness (QED) is 0.484. The number of nitrogens with one attached hydrogen (secondary N) is 1. The van der Waals surface area contributed by atoms with Crippen LogP contribution in [0.5, 0.6) is 0 Å². The number of rotatable bonds is 4. The van der Waals surface area contributed by atoms with Gasteiger partial charge in [-0.1, -0.05) is 31.9 Å². The third-order valence-corrected chi connectivity index (χ3v) is 10.1. The number of hydrogen-bond donors (Lipinski definition) is 1. The lowest BCUT2D eigenvalue weighted by atomic mass is 9.81. The molecule has 6 nitrogen and oxygen atoms in total. The number of carbonyl (C=O) groups is 3. The molecule has 0 unspecified atom stereocenters. The summed E-state index contributed by atoms with van der Waals surface area (Å²) in [7, 11) is 0. The van der Waals surface area contributed by atoms with Gasteiger partial charge in [0.25, 0.3) is 5.91 Å². The molecule has 2 aliphatic carbocycles. The van der Waals surface area contributed by atoms with Crippen molar-refractivity contribution >= 4 is 55.3 Å². The Labute approximate surface area is 186 Å². The maximum absolute atomic E-state index is 13.1. The molecule has 0 aromatic heterocycles. The van der Waals surface area contributed by atoms with Gasteiger partial charge in [0.15, 0.2) is 0 Å². The molecule has 8 heteroatoms. The fourth-order valence-corrected chi connectivity index (χ4v) is 7.35. The van der Waals surface area contributed by atoms with E-state index in [0.717, 1.165) is 25.9 Å². The Morgan fingerprint density at radius 3 is 2.24 bits per heavy atom. The van der Waals surface area contributed by atoms with Gasteiger partial charge in [0, 0.05) is 28.4 Å². The van der Waals surface area contributed by atoms with E-state index in [2.05, 4.69) is 37.2 Å². The van der Waals surface area contributed by atoms with E-state index in [4.69, 9.17) is 4.74 Å². The highest BCUT2D eigenvalue weighted by molar-refractivity contribution is 9.12. The molecule has 1 aromatic carbocycles. The third kappa shape index (κ3) is 3.10. The van der Waals surface area contributed by atoms with E-state index in [-0.39, 0.29) is 57.2 Å². The van der Waals surface area contributed by atoms with Crippen LogP contribution in [-0.4, -0.2) is 46.6 Å². The van der Waals surface area contributed by atoms with Crippen LogP contribution in [-0.2, 0) is 14.3 Å². The summed E-state index contributed by atoms with van der Waals surface area (Å²) in [6, 6.07) is 6.72. The molecular formula is C21H22Br2N2O4. The number of anilines is 1. The van der Waals surface area contributed by atoms with Crippen molar-refractivity contribution in [2.45, 2.75) is 35.0 Å². The van der Waals surface area contributed by atoms with Crippen LogP contribution in [0.25, 0.3) is 0 Å². The minimum atomic E-state index is -0.236. The molecule has 2 heterocycles. The van der Waals surface area contributed by atoms with Crippen LogP contribution in [0.2, 0.25) is 0 Å². The van der Waals surface area contributed by atoms with Crippen molar-refractivity contribution in [1.82, 2.24) is 5.32 Å². The van der Waals surface area contributed by atoms with E-state index in [1.165, 1.54) is 4.90 Å². The van der Waals surface area contributed by atoms with Gasteiger partial charge in [0.1, 0.15) is 0 Å². The molecule has 29 heavy (non-hydrogen) atoms. The first-order valence-corrected chi connectivity index (χ1v) is 12.0. The van der Waals surface area contributed by atoms with Gasteiger partial charge in [-0.25, -0.2) is 0 Å². The number of amides is 3. The number of imide groups is 1. The minimum Gasteiger partial charge on any atom is -0.376 e. The smallest absolute Gasteiger partial charge is 0.251 e. The summed E-state index contributed by atoms with van der Waals surface area (Å²) in [6.07, 6.45) is 3.00. The van der Waals surface area contributed by atoms with Gasteiger partial charge >= 0.3 is 0 Å². The Morgan fingerprint density at radius 2 is 1.69 bits per heavy atom. The Bertz CT molecular complexity index is 823. The Kier molecular flexibility index (Phi) is 5.07. The van der Waals surface area contributed by atoms with Crippen LogP contribution < -0.4 is 10.2 Å². The molecule has 0 spiro atoms. The van der Waals surface area contributed by atoms with Crippen LogP contribution in [0.1, 0.15) is 29.6 Å². The molecule has 2 saturated carbocycles. The van der Waals surface area contributed by atoms with Gasteiger partial charge < -0.3 is 10.1 Å². The van der Waals surface area contributed by atoms with Gasteiger partial charge in [-0.15, -0.1) is 0 Å². The van der Waals surface area contributed by atoms with Gasteiger partial charge in [-0.05, 0) is 55.4 Å². The zero-order valence-corrected chi connectivity index (χ0v) is 18.9. The maximum Gasteiger partial charge on any atom is 0.251 e. The van der Waals surface area contributed by atoms with Crippen molar-refractivity contribution in [3.05, 3.63) is 29.8 Å². The minimum absolute atomic E-state index is 0.0874. The second-order valence-corrected chi connectivity index (χ2v) is 10.5. The Morgan fingerprint density at radius 1 is 1.07 bits per heavy atom. The van der Waals surface area contributed by atoms with Gasteiger partial charge in [0.05, 0.1) is 23.6 Å². The summed E-state index contributed by atoms with van der Waals surface area (Å²) in [5.74, 6) is -0.471. The number of ether oxygens (including phenoxy) is 1. The second-order valence-electron chi connectivity index (χ2n) is 8.41. The zero-order valence-electron chi connectivity index (χ0n) is 15.7. The van der Waals surface area contributed by atoms with Crippen LogP contribution in [0.15, 0.2) is 24.3 Å². The molecule has 3 amide bonds. The summed E-state index contributed by atoms with van der Waals surface area (Å²) in [5.41, 5.74) is 1.05. The molecule has 1 N–H and O–H groups in total. The molecule has 1 aromatic rings. The van der Waals surface area contributed by atoms with E-state index in [1.54, 1.807) is 24.3 Å². The zero-order chi connectivity index (χ0) is 20.3. The number of nitrogens with zero attached hydrogens (tertiary/aromatic N) is 1. The molecule has 4 fully saturated rings. The second kappa shape index (κ2) is 7.46. The van der Waals surface area contributed by atoms with Gasteiger partial charge in [-0.2, -0.15) is 0 Å². The summed E-state index contributed by atoms with van der Waals surface area (Å²) >= 11 is 7.41. The summed E-state index contributed by atoms with van der Waals surface area (Å²) in [6.45, 7) is 1.25. The van der Waals surface area contributed by atoms with Crippen molar-refractivity contribution in [3.63, 3.8) is 0 Å². The number of carbonyl (C=O) groups excluding carboxylic acids is 3. The maximum atomic E-state index is 13.1. The predicted molar refractivity (Wildman–Crippen MR) is 114 cm³/mol. The Hall–Kier alpha value is -1.25. The summed E-state index contributed by atoms with van der Waals surface area (Å²) in [4.78, 5) is 40.3. The van der Waals surface area contributed by atoms with Crippen molar-refractivity contribution < 1.29 is 19.1 Å². The average Bonchev–Trinajstić information content (AvgIpc) is 3.47. The first kappa shape index (κ1) is 19.7. The van der Waals surface area contributed by atoms with Crippen LogP contribution >= 0.6 is 31.9 Å². The van der Waals surface area contributed by atoms with E-state index in [1.807, 2.05) is 0 Å². The lowest BCUT2D eigenvalue weighted by Gasteiger charge is -2.28. The summed E-state index contributed by atoms with van der Waals surface area (Å²) in [5, 5.41) is 2.89. The number of benzene rings is 1. The highest BCUT2D eigenvalue weighted by Crippen LogP contribution is 2.60. The lowest BCUT2D eigenvalue weighted by molar-refractivity contribution is -0.123. The topological polar surface area (TPSA) is 75.7 Å². The van der Waals surface area contributed by atoms with Crippen LogP contribution in [0, 0.1) is 23.7 Å². The van der Waals surface area contributed by atoms with E-state index in [0.29, 0.717) is 17.8 Å². The molecule has 4 aliphatic rings. The largest absolute Gasteiger partial charge is 0.376 e. The highest BCUT2D eigenvalue weighted by atomic mass is 79.9. The first-order valence-electron chi connectivity index (χ1n) is 10.1. The van der Waals surface area contributed by atoms with Crippen molar-refractivity contribution in [3.8, 4) is 0 Å². The standard InChI is InChI=1S/C21H22Br2N2O4/c22-17-13-8-14(18(17)23)16-15(13)20(27)25(21(16)28)11-5-3-10(4-6-11)19(26)24-9-12-2-1-7-29-12/h3-6,12-18H,1-2,7-9H2,(H,24,26)/t12-,13-,14-,15-,16+,17-,18+/m0/s1. The monoisotopic (exact) mass is 524 g/mol. The summed E-state index contributed by atoms with van der Waals surface area (Å²) < 4.78 is 5.52. The number of alkyl halides is 2. The van der Waals surface area contributed by atoms with E-state index < -0.39 is 0 Å². The predicted octanol–water partition coefficient (Wildman–Crippen LogP) is 2.88. The molecule has 154 valence electrons. The van der Waals surface area contributed by atoms with Crippen molar-refractivity contribution in [2.75, 3.05) is 18.1 Å². The molecule has 2 saturated heterocycles. The van der Waals surface area contributed by atoms with Gasteiger partial charge in [-0.3, -0.25) is 19.3 Å². The van der Waals surface area contributed by atoms with E-state index in [9.17, 15) is 14.4 Å². The average molecular weight is 526 g/mol. The molecule has 2 aliphatic heterocycles. The van der Waals surface area contributed by atoms with Crippen LogP contribution in [0.3, 0.4) is 0 Å². The van der Waals surface area contributed by atoms with Gasteiger partial charge in [0.2, 0.25) is 11.8 Å². The molecule has 7 atom stereocenters. The molecular weight excluding hydrogens is 504 g/mol. The number of hydrogen-bond acceptors (Lipinski definition) is 4. The van der Waals surface area contributed by atoms with E-state index >= 15 is 0 Å². The fraction of sp³-hybridized carbons (Fsp3) is 0.571. The number of halogens is 2.